The zero-order chi connectivity index (χ0) is 32.1. The molecule has 7 aromatic rings. The molecule has 0 bridgehead atoms. The fourth-order valence-electron chi connectivity index (χ4n) is 6.70. The third-order valence-corrected chi connectivity index (χ3v) is 9.36. The number of fused-ring (bicyclic) bond motifs is 1. The molecule has 4 heteroatoms. The summed E-state index contributed by atoms with van der Waals surface area (Å²) >= 11 is 3.72. The van der Waals surface area contributed by atoms with Crippen LogP contribution in [0.4, 0.5) is 4.79 Å². The molecule has 0 saturated heterocycles. The summed E-state index contributed by atoms with van der Waals surface area (Å²) in [5.74, 6) is 0. The van der Waals surface area contributed by atoms with Gasteiger partial charge in [-0.3, -0.25) is 0 Å². The number of nitrogens with one attached hydrogen (secondary N) is 2. The second kappa shape index (κ2) is 13.1. The first-order valence-electron chi connectivity index (χ1n) is 15.7. The third kappa shape index (κ3) is 5.73. The number of carbonyl (C=O) groups excluding carboxylic acids is 1. The second-order valence-electron chi connectivity index (χ2n) is 11.6. The number of rotatable bonds is 8. The van der Waals surface area contributed by atoms with Crippen LogP contribution in [0, 0.1) is 0 Å². The van der Waals surface area contributed by atoms with Gasteiger partial charge >= 0.3 is 6.03 Å². The zero-order valence-electron chi connectivity index (χ0n) is 25.7. The van der Waals surface area contributed by atoms with Gasteiger partial charge in [-0.25, -0.2) is 4.79 Å². The zero-order valence-corrected chi connectivity index (χ0v) is 27.3. The molecule has 0 aromatic heterocycles. The van der Waals surface area contributed by atoms with Crippen molar-refractivity contribution in [3.05, 3.63) is 226 Å². The first-order valence-corrected chi connectivity index (χ1v) is 16.5. The summed E-state index contributed by atoms with van der Waals surface area (Å²) < 4.78 is 0.922. The molecule has 228 valence electrons. The van der Waals surface area contributed by atoms with Gasteiger partial charge in [0, 0.05) is 4.47 Å². The monoisotopic (exact) mass is 672 g/mol. The van der Waals surface area contributed by atoms with Crippen LogP contribution in [0.25, 0.3) is 10.8 Å². The molecule has 0 aliphatic carbocycles. The molecule has 7 aromatic carbocycles. The Morgan fingerprint density at radius 2 is 0.766 bits per heavy atom. The Hall–Kier alpha value is -5.45. The van der Waals surface area contributed by atoms with Crippen LogP contribution in [0.5, 0.6) is 0 Å². The Kier molecular flexibility index (Phi) is 8.43. The van der Waals surface area contributed by atoms with Gasteiger partial charge in [-0.15, -0.1) is 0 Å². The molecule has 0 aliphatic heterocycles. The van der Waals surface area contributed by atoms with E-state index >= 15 is 4.79 Å². The predicted octanol–water partition coefficient (Wildman–Crippen LogP) is 10.2. The van der Waals surface area contributed by atoms with Gasteiger partial charge in [0.1, 0.15) is 11.1 Å². The topological polar surface area (TPSA) is 41.1 Å². The van der Waals surface area contributed by atoms with Crippen molar-refractivity contribution in [1.82, 2.24) is 10.6 Å². The Labute approximate surface area is 284 Å². The Morgan fingerprint density at radius 3 is 1.23 bits per heavy atom. The van der Waals surface area contributed by atoms with Gasteiger partial charge in [0.15, 0.2) is 0 Å². The maximum atomic E-state index is 15.0. The number of carbonyl (C=O) groups is 1. The summed E-state index contributed by atoms with van der Waals surface area (Å²) in [6.45, 7) is 0. The smallest absolute Gasteiger partial charge is 0.317 e. The first kappa shape index (κ1) is 30.2. The van der Waals surface area contributed by atoms with E-state index in [0.717, 1.165) is 48.6 Å². The van der Waals surface area contributed by atoms with Crippen LogP contribution in [-0.4, -0.2) is 6.03 Å². The number of urea groups is 1. The maximum absolute atomic E-state index is 15.0. The van der Waals surface area contributed by atoms with Gasteiger partial charge in [-0.1, -0.05) is 186 Å². The number of amides is 2. The van der Waals surface area contributed by atoms with Crippen LogP contribution in [0.3, 0.4) is 0 Å². The number of hydrogen-bond donors (Lipinski definition) is 2. The maximum Gasteiger partial charge on any atom is 0.317 e. The van der Waals surface area contributed by atoms with E-state index in [9.17, 15) is 0 Å². The Balaban J connectivity index is 1.46. The van der Waals surface area contributed by atoms with E-state index in [1.54, 1.807) is 0 Å². The molecule has 0 radical (unpaired) electrons. The van der Waals surface area contributed by atoms with E-state index in [2.05, 4.69) is 118 Å². The summed E-state index contributed by atoms with van der Waals surface area (Å²) in [6.07, 6.45) is 0. The van der Waals surface area contributed by atoms with Gasteiger partial charge in [0.05, 0.1) is 0 Å². The van der Waals surface area contributed by atoms with E-state index in [0.29, 0.717) is 0 Å². The van der Waals surface area contributed by atoms with Gasteiger partial charge in [-0.05, 0) is 62.4 Å². The summed E-state index contributed by atoms with van der Waals surface area (Å²) in [5, 5.41) is 9.32. The number of halogens is 1. The lowest BCUT2D eigenvalue weighted by atomic mass is 9.75. The number of benzene rings is 7. The van der Waals surface area contributed by atoms with Crippen LogP contribution in [-0.2, 0) is 11.1 Å². The van der Waals surface area contributed by atoms with Crippen molar-refractivity contribution in [2.75, 3.05) is 0 Å². The molecular weight excluding hydrogens is 640 g/mol. The van der Waals surface area contributed by atoms with Crippen LogP contribution < -0.4 is 10.6 Å². The fourth-order valence-corrected chi connectivity index (χ4v) is 7.10. The highest BCUT2D eigenvalue weighted by molar-refractivity contribution is 9.10. The van der Waals surface area contributed by atoms with E-state index in [1.807, 2.05) is 97.1 Å². The van der Waals surface area contributed by atoms with Crippen LogP contribution in [0.15, 0.2) is 193 Å². The molecule has 1 atom stereocenters. The minimum absolute atomic E-state index is 0.321. The molecule has 0 unspecified atom stereocenters. The average Bonchev–Trinajstić information content (AvgIpc) is 3.14. The molecule has 2 amide bonds. The van der Waals surface area contributed by atoms with Crippen molar-refractivity contribution in [3.8, 4) is 0 Å². The van der Waals surface area contributed by atoms with E-state index in [4.69, 9.17) is 0 Å². The standard InChI is InChI=1S/C43H33BrN2O/c44-40-27-15-26-38(31-40)43(37-24-11-4-12-25-37,39-29-28-32-16-13-14-17-33(32)30-39)46-41(47)45-42(34-18-5-1-6-19-34,35-20-7-2-8-21-35)36-22-9-3-10-23-36/h1-31H,(H2,45,46,47)/t43-/m0/s1. The molecule has 0 spiro atoms. The van der Waals surface area contributed by atoms with Crippen molar-refractivity contribution in [3.63, 3.8) is 0 Å². The predicted molar refractivity (Wildman–Crippen MR) is 195 cm³/mol. The highest BCUT2D eigenvalue weighted by Crippen LogP contribution is 2.41. The molecule has 3 nitrogen and oxygen atoms in total. The summed E-state index contributed by atoms with van der Waals surface area (Å²) in [4.78, 5) is 15.0. The van der Waals surface area contributed by atoms with Crippen molar-refractivity contribution in [2.45, 2.75) is 11.1 Å². The van der Waals surface area contributed by atoms with Crippen LogP contribution in [0.2, 0.25) is 0 Å². The lowest BCUT2D eigenvalue weighted by Gasteiger charge is -2.41. The highest BCUT2D eigenvalue weighted by Gasteiger charge is 2.42. The van der Waals surface area contributed by atoms with Crippen molar-refractivity contribution >= 4 is 32.7 Å². The average molecular weight is 674 g/mol. The van der Waals surface area contributed by atoms with Gasteiger partial charge in [0.2, 0.25) is 0 Å². The van der Waals surface area contributed by atoms with Gasteiger partial charge in [0.25, 0.3) is 0 Å². The van der Waals surface area contributed by atoms with E-state index < -0.39 is 11.1 Å². The SMILES string of the molecule is O=C(NC(c1ccccc1)(c1ccccc1)c1ccccc1)N[C@@](c1ccccc1)(c1cccc(Br)c1)c1ccc2ccccc2c1. The Bertz CT molecular complexity index is 2020. The molecule has 0 aliphatic rings. The van der Waals surface area contributed by atoms with Gasteiger partial charge < -0.3 is 10.6 Å². The summed E-state index contributed by atoms with van der Waals surface area (Å²) in [5.41, 5.74) is 3.62. The molecule has 0 fully saturated rings. The summed E-state index contributed by atoms with van der Waals surface area (Å²) in [7, 11) is 0. The third-order valence-electron chi connectivity index (χ3n) is 8.87. The number of hydrogen-bond acceptors (Lipinski definition) is 1. The van der Waals surface area contributed by atoms with Crippen LogP contribution >= 0.6 is 15.9 Å². The highest BCUT2D eigenvalue weighted by atomic mass is 79.9. The van der Waals surface area contributed by atoms with Crippen LogP contribution in [0.1, 0.15) is 33.4 Å². The van der Waals surface area contributed by atoms with Crippen molar-refractivity contribution < 1.29 is 4.79 Å². The van der Waals surface area contributed by atoms with Gasteiger partial charge in [-0.2, -0.15) is 0 Å². The van der Waals surface area contributed by atoms with E-state index in [1.165, 1.54) is 0 Å². The second-order valence-corrected chi connectivity index (χ2v) is 12.5. The quantitative estimate of drug-likeness (QED) is 0.155. The van der Waals surface area contributed by atoms with E-state index in [-0.39, 0.29) is 6.03 Å². The largest absolute Gasteiger partial charge is 0.320 e. The minimum atomic E-state index is -1.05. The normalized spacial score (nSPS) is 12.6. The van der Waals surface area contributed by atoms with Crippen molar-refractivity contribution in [2.24, 2.45) is 0 Å². The fraction of sp³-hybridized carbons (Fsp3) is 0.0465. The van der Waals surface area contributed by atoms with Crippen molar-refractivity contribution in [1.29, 1.82) is 0 Å². The molecule has 2 N–H and O–H groups in total. The molecule has 0 saturated carbocycles. The molecular formula is C43H33BrN2O. The molecule has 47 heavy (non-hydrogen) atoms. The Morgan fingerprint density at radius 1 is 0.383 bits per heavy atom. The first-order chi connectivity index (χ1) is 23.1. The lowest BCUT2D eigenvalue weighted by Crippen LogP contribution is -2.57. The minimum Gasteiger partial charge on any atom is -0.320 e. The summed E-state index contributed by atoms with van der Waals surface area (Å²) in [6, 6.07) is 63.3. The lowest BCUT2D eigenvalue weighted by molar-refractivity contribution is 0.227. The molecule has 0 heterocycles. The molecule has 7 rings (SSSR count).